The quantitative estimate of drug-likeness (QED) is 0.847. The van der Waals surface area contributed by atoms with Gasteiger partial charge in [-0.3, -0.25) is 9.59 Å². The van der Waals surface area contributed by atoms with E-state index in [1.54, 1.807) is 30.3 Å². The minimum absolute atomic E-state index is 0.146. The van der Waals surface area contributed by atoms with Crippen LogP contribution in [-0.4, -0.2) is 18.9 Å². The van der Waals surface area contributed by atoms with Gasteiger partial charge in [-0.25, -0.2) is 0 Å². The molecule has 2 aromatic rings. The Morgan fingerprint density at radius 2 is 1.58 bits per heavy atom. The van der Waals surface area contributed by atoms with Gasteiger partial charge in [0, 0.05) is 17.4 Å². The molecule has 0 spiro atoms. The maximum absolute atomic E-state index is 12.2. The predicted octanol–water partition coefficient (Wildman–Crippen LogP) is 3.57. The number of amides is 2. The fraction of sp³-hybridized carbons (Fsp3) is 0.263. The molecule has 2 aromatic carbocycles. The molecule has 126 valence electrons. The molecule has 0 radical (unpaired) electrons. The van der Waals surface area contributed by atoms with E-state index >= 15 is 0 Å². The second kappa shape index (κ2) is 7.17. The van der Waals surface area contributed by atoms with Crippen LogP contribution < -0.4 is 15.4 Å². The third-order valence-corrected chi connectivity index (χ3v) is 3.52. The number of ether oxygens (including phenoxy) is 1. The minimum Gasteiger partial charge on any atom is -0.497 e. The first-order valence-electron chi connectivity index (χ1n) is 7.67. The van der Waals surface area contributed by atoms with Gasteiger partial charge in [-0.1, -0.05) is 45.0 Å². The number of rotatable bonds is 3. The second-order valence-corrected chi connectivity index (χ2v) is 6.44. The Bertz CT molecular complexity index is 748. The molecule has 2 amide bonds. The Labute approximate surface area is 142 Å². The number of nitrogens with one attached hydrogen (secondary N) is 2. The van der Waals surface area contributed by atoms with E-state index in [0.717, 1.165) is 5.56 Å². The van der Waals surface area contributed by atoms with Crippen molar-refractivity contribution in [2.24, 2.45) is 0 Å². The summed E-state index contributed by atoms with van der Waals surface area (Å²) < 4.78 is 5.09. The Morgan fingerprint density at radius 3 is 2.25 bits per heavy atom. The number of methoxy groups -OCH3 is 1. The van der Waals surface area contributed by atoms with Crippen molar-refractivity contribution in [3.63, 3.8) is 0 Å². The van der Waals surface area contributed by atoms with Crippen LogP contribution >= 0.6 is 0 Å². The standard InChI is InChI=1S/C19H22N2O3/c1-19(2,3)15-10-5-6-11-16(15)21-18(23)17(22)20-13-8-7-9-14(12-13)24-4/h5-12H,1-4H3,(H,20,22)(H,21,23). The SMILES string of the molecule is COc1cccc(NC(=O)C(=O)Nc2ccccc2C(C)(C)C)c1. The number of hydrogen-bond acceptors (Lipinski definition) is 3. The molecule has 2 N–H and O–H groups in total. The fourth-order valence-corrected chi connectivity index (χ4v) is 2.31. The molecule has 24 heavy (non-hydrogen) atoms. The van der Waals surface area contributed by atoms with E-state index in [4.69, 9.17) is 4.74 Å². The highest BCUT2D eigenvalue weighted by Crippen LogP contribution is 2.29. The molecule has 2 rings (SSSR count). The third-order valence-electron chi connectivity index (χ3n) is 3.52. The van der Waals surface area contributed by atoms with Gasteiger partial charge in [-0.05, 0) is 29.2 Å². The fourth-order valence-electron chi connectivity index (χ4n) is 2.31. The van der Waals surface area contributed by atoms with Crippen LogP contribution in [0.4, 0.5) is 11.4 Å². The van der Waals surface area contributed by atoms with Gasteiger partial charge >= 0.3 is 11.8 Å². The molecule has 0 saturated heterocycles. The van der Waals surface area contributed by atoms with Gasteiger partial charge in [0.1, 0.15) is 5.75 Å². The molecule has 0 bridgehead atoms. The Hall–Kier alpha value is -2.82. The molecule has 0 aliphatic carbocycles. The van der Waals surface area contributed by atoms with Crippen molar-refractivity contribution in [1.82, 2.24) is 0 Å². The van der Waals surface area contributed by atoms with Gasteiger partial charge in [-0.2, -0.15) is 0 Å². The second-order valence-electron chi connectivity index (χ2n) is 6.44. The lowest BCUT2D eigenvalue weighted by molar-refractivity contribution is -0.133. The highest BCUT2D eigenvalue weighted by atomic mass is 16.5. The number of carbonyl (C=O) groups excluding carboxylic acids is 2. The van der Waals surface area contributed by atoms with Crippen LogP contribution in [0.15, 0.2) is 48.5 Å². The average Bonchev–Trinajstić information content (AvgIpc) is 2.54. The third kappa shape index (κ3) is 4.35. The molecule has 0 fully saturated rings. The molecule has 0 heterocycles. The Kier molecular flexibility index (Phi) is 5.24. The Morgan fingerprint density at radius 1 is 0.917 bits per heavy atom. The monoisotopic (exact) mass is 326 g/mol. The zero-order valence-corrected chi connectivity index (χ0v) is 14.3. The molecule has 5 nitrogen and oxygen atoms in total. The van der Waals surface area contributed by atoms with Gasteiger partial charge in [0.25, 0.3) is 0 Å². The number of hydrogen-bond donors (Lipinski definition) is 2. The van der Waals surface area contributed by atoms with Gasteiger partial charge in [0.15, 0.2) is 0 Å². The lowest BCUT2D eigenvalue weighted by Crippen LogP contribution is -2.30. The van der Waals surface area contributed by atoms with Crippen LogP contribution in [-0.2, 0) is 15.0 Å². The van der Waals surface area contributed by atoms with Gasteiger partial charge in [0.05, 0.1) is 7.11 Å². The van der Waals surface area contributed by atoms with Crippen molar-refractivity contribution >= 4 is 23.2 Å². The summed E-state index contributed by atoms with van der Waals surface area (Å²) >= 11 is 0. The van der Waals surface area contributed by atoms with E-state index in [-0.39, 0.29) is 5.41 Å². The van der Waals surface area contributed by atoms with Crippen LogP contribution in [0.5, 0.6) is 5.75 Å². The van der Waals surface area contributed by atoms with Crippen molar-refractivity contribution in [3.05, 3.63) is 54.1 Å². The number of para-hydroxylation sites is 1. The summed E-state index contributed by atoms with van der Waals surface area (Å²) in [7, 11) is 1.54. The normalized spacial score (nSPS) is 10.8. The van der Waals surface area contributed by atoms with E-state index in [0.29, 0.717) is 17.1 Å². The molecule has 0 aliphatic rings. The van der Waals surface area contributed by atoms with Crippen molar-refractivity contribution in [1.29, 1.82) is 0 Å². The van der Waals surface area contributed by atoms with Crippen molar-refractivity contribution in [3.8, 4) is 5.75 Å². The van der Waals surface area contributed by atoms with Gasteiger partial charge < -0.3 is 15.4 Å². The highest BCUT2D eigenvalue weighted by Gasteiger charge is 2.21. The van der Waals surface area contributed by atoms with E-state index in [1.165, 1.54) is 7.11 Å². The highest BCUT2D eigenvalue weighted by molar-refractivity contribution is 6.43. The smallest absolute Gasteiger partial charge is 0.314 e. The number of benzene rings is 2. The van der Waals surface area contributed by atoms with Gasteiger partial charge in [0.2, 0.25) is 0 Å². The van der Waals surface area contributed by atoms with Crippen LogP contribution in [0, 0.1) is 0 Å². The lowest BCUT2D eigenvalue weighted by atomic mass is 9.86. The first kappa shape index (κ1) is 17.5. The van der Waals surface area contributed by atoms with Crippen molar-refractivity contribution in [2.45, 2.75) is 26.2 Å². The lowest BCUT2D eigenvalue weighted by Gasteiger charge is -2.22. The molecule has 0 saturated carbocycles. The molecule has 0 atom stereocenters. The Balaban J connectivity index is 2.11. The van der Waals surface area contributed by atoms with Crippen LogP contribution in [0.25, 0.3) is 0 Å². The van der Waals surface area contributed by atoms with Crippen molar-refractivity contribution < 1.29 is 14.3 Å². The molecular formula is C19H22N2O3. The van der Waals surface area contributed by atoms with E-state index in [2.05, 4.69) is 10.6 Å². The molecule has 0 unspecified atom stereocenters. The number of anilines is 2. The zero-order valence-electron chi connectivity index (χ0n) is 14.3. The molecular weight excluding hydrogens is 304 g/mol. The first-order chi connectivity index (χ1) is 11.3. The minimum atomic E-state index is -0.730. The largest absolute Gasteiger partial charge is 0.497 e. The predicted molar refractivity (Wildman–Crippen MR) is 95.4 cm³/mol. The van der Waals surface area contributed by atoms with E-state index in [1.807, 2.05) is 39.0 Å². The van der Waals surface area contributed by atoms with Crippen LogP contribution in [0.3, 0.4) is 0 Å². The van der Waals surface area contributed by atoms with Crippen LogP contribution in [0.1, 0.15) is 26.3 Å². The van der Waals surface area contributed by atoms with Crippen molar-refractivity contribution in [2.75, 3.05) is 17.7 Å². The van der Waals surface area contributed by atoms with E-state index < -0.39 is 11.8 Å². The molecule has 0 aromatic heterocycles. The average molecular weight is 326 g/mol. The molecule has 5 heteroatoms. The summed E-state index contributed by atoms with van der Waals surface area (Å²) in [6.45, 7) is 6.15. The van der Waals surface area contributed by atoms with Crippen LogP contribution in [0.2, 0.25) is 0 Å². The van der Waals surface area contributed by atoms with Gasteiger partial charge in [-0.15, -0.1) is 0 Å². The summed E-state index contributed by atoms with van der Waals surface area (Å²) in [5.41, 5.74) is 1.95. The number of carbonyl (C=O) groups is 2. The summed E-state index contributed by atoms with van der Waals surface area (Å²) in [6.07, 6.45) is 0. The summed E-state index contributed by atoms with van der Waals surface area (Å²) in [5, 5.41) is 5.25. The van der Waals surface area contributed by atoms with E-state index in [9.17, 15) is 9.59 Å². The summed E-state index contributed by atoms with van der Waals surface area (Å²) in [5.74, 6) is -0.840. The summed E-state index contributed by atoms with van der Waals surface area (Å²) in [4.78, 5) is 24.3. The summed E-state index contributed by atoms with van der Waals surface area (Å²) in [6, 6.07) is 14.3. The first-order valence-corrected chi connectivity index (χ1v) is 7.67. The maximum atomic E-state index is 12.2. The zero-order chi connectivity index (χ0) is 17.7. The topological polar surface area (TPSA) is 67.4 Å². The molecule has 0 aliphatic heterocycles. The maximum Gasteiger partial charge on any atom is 0.314 e.